The fourth-order valence-electron chi connectivity index (χ4n) is 2.29. The van der Waals surface area contributed by atoms with Crippen molar-refractivity contribution >= 4 is 17.9 Å². The summed E-state index contributed by atoms with van der Waals surface area (Å²) < 4.78 is 0. The van der Waals surface area contributed by atoms with Gasteiger partial charge in [0.25, 0.3) is 0 Å². The summed E-state index contributed by atoms with van der Waals surface area (Å²) in [6, 6.07) is 7.78. The van der Waals surface area contributed by atoms with E-state index in [1.54, 1.807) is 0 Å². The highest BCUT2D eigenvalue weighted by Gasteiger charge is 2.33. The lowest BCUT2D eigenvalue weighted by molar-refractivity contribution is -0.146. The van der Waals surface area contributed by atoms with E-state index in [4.69, 9.17) is 5.11 Å². The maximum atomic E-state index is 12.7. The number of carbonyl (C=O) groups excluding carboxylic acids is 2. The minimum absolute atomic E-state index is 0.144. The monoisotopic (exact) mass is 320 g/mol. The number of hydrogen-bond donors (Lipinski definition) is 1. The molecule has 23 heavy (non-hydrogen) atoms. The van der Waals surface area contributed by atoms with Gasteiger partial charge in [-0.2, -0.15) is 0 Å². The molecule has 0 saturated carbocycles. The highest BCUT2D eigenvalue weighted by Crippen LogP contribution is 2.11. The van der Waals surface area contributed by atoms with Crippen LogP contribution in [0, 0.1) is 0 Å². The van der Waals surface area contributed by atoms with E-state index in [1.165, 1.54) is 18.7 Å². The average Bonchev–Trinajstić information content (AvgIpc) is 2.47. The Bertz CT molecular complexity index is 557. The Morgan fingerprint density at radius 3 is 2.09 bits per heavy atom. The second-order valence-electron chi connectivity index (χ2n) is 5.71. The van der Waals surface area contributed by atoms with E-state index >= 15 is 0 Å². The Morgan fingerprint density at radius 1 is 1.09 bits per heavy atom. The van der Waals surface area contributed by atoms with Gasteiger partial charge in [0.1, 0.15) is 6.04 Å². The molecular formula is C17H24N2O4. The van der Waals surface area contributed by atoms with E-state index in [0.717, 1.165) is 10.5 Å². The van der Waals surface area contributed by atoms with E-state index in [2.05, 4.69) is 0 Å². The smallest absolute Gasteiger partial charge is 0.327 e. The largest absolute Gasteiger partial charge is 0.480 e. The van der Waals surface area contributed by atoms with Crippen LogP contribution in [0.2, 0.25) is 0 Å². The zero-order valence-corrected chi connectivity index (χ0v) is 14.0. The molecule has 0 aliphatic heterocycles. The summed E-state index contributed by atoms with van der Waals surface area (Å²) in [5.74, 6) is -1.78. The third-order valence-electron chi connectivity index (χ3n) is 3.64. The molecule has 3 amide bonds. The standard InChI is InChI=1S/C17H24N2O4/c1-12(2)18(11-10-15-8-6-5-7-9-15)17(23)19(14(4)20)13(3)16(21)22/h5-9,12-13H,10-11H2,1-4H3,(H,21,22). The summed E-state index contributed by atoms with van der Waals surface area (Å²) in [6.07, 6.45) is 0.637. The Hall–Kier alpha value is -2.37. The van der Waals surface area contributed by atoms with Crippen LogP contribution in [0.15, 0.2) is 30.3 Å². The highest BCUT2D eigenvalue weighted by atomic mass is 16.4. The van der Waals surface area contributed by atoms with Crippen LogP contribution >= 0.6 is 0 Å². The maximum Gasteiger partial charge on any atom is 0.327 e. The molecule has 0 aliphatic rings. The van der Waals surface area contributed by atoms with E-state index in [9.17, 15) is 14.4 Å². The summed E-state index contributed by atoms with van der Waals surface area (Å²) in [4.78, 5) is 37.9. The molecule has 0 aromatic heterocycles. The van der Waals surface area contributed by atoms with Crippen LogP contribution in [-0.4, -0.2) is 51.4 Å². The van der Waals surface area contributed by atoms with Gasteiger partial charge in [0.15, 0.2) is 0 Å². The quantitative estimate of drug-likeness (QED) is 0.873. The van der Waals surface area contributed by atoms with Gasteiger partial charge in [-0.1, -0.05) is 30.3 Å². The van der Waals surface area contributed by atoms with Crippen molar-refractivity contribution in [3.05, 3.63) is 35.9 Å². The lowest BCUT2D eigenvalue weighted by Crippen LogP contribution is -2.54. The van der Waals surface area contributed by atoms with Crippen LogP contribution in [-0.2, 0) is 16.0 Å². The minimum Gasteiger partial charge on any atom is -0.480 e. The first-order valence-electron chi connectivity index (χ1n) is 7.62. The van der Waals surface area contributed by atoms with Gasteiger partial charge in [0.2, 0.25) is 5.91 Å². The first-order chi connectivity index (χ1) is 10.8. The third-order valence-corrected chi connectivity index (χ3v) is 3.64. The van der Waals surface area contributed by atoms with Gasteiger partial charge in [-0.25, -0.2) is 9.59 Å². The van der Waals surface area contributed by atoms with Crippen molar-refractivity contribution in [2.24, 2.45) is 0 Å². The fraction of sp³-hybridized carbons (Fsp3) is 0.471. The summed E-state index contributed by atoms with van der Waals surface area (Å²) in [5, 5.41) is 9.11. The predicted octanol–water partition coefficient (Wildman–Crippen LogP) is 2.38. The molecule has 0 heterocycles. The molecule has 0 radical (unpaired) electrons. The van der Waals surface area contributed by atoms with E-state index < -0.39 is 23.9 Å². The lowest BCUT2D eigenvalue weighted by atomic mass is 10.1. The predicted molar refractivity (Wildman–Crippen MR) is 87.0 cm³/mol. The Labute approximate surface area is 136 Å². The number of nitrogens with zero attached hydrogens (tertiary/aromatic N) is 2. The van der Waals surface area contributed by atoms with Crippen molar-refractivity contribution in [2.45, 2.75) is 46.2 Å². The van der Waals surface area contributed by atoms with Crippen molar-refractivity contribution in [3.8, 4) is 0 Å². The molecule has 6 nitrogen and oxygen atoms in total. The number of benzene rings is 1. The number of rotatable bonds is 6. The molecule has 0 aliphatic carbocycles. The van der Waals surface area contributed by atoms with Crippen LogP contribution in [0.25, 0.3) is 0 Å². The van der Waals surface area contributed by atoms with Crippen LogP contribution < -0.4 is 0 Å². The van der Waals surface area contributed by atoms with E-state index in [1.807, 2.05) is 44.2 Å². The molecule has 1 N–H and O–H groups in total. The molecule has 126 valence electrons. The second kappa shape index (κ2) is 8.31. The van der Waals surface area contributed by atoms with E-state index in [0.29, 0.717) is 13.0 Å². The minimum atomic E-state index is -1.21. The number of hydrogen-bond acceptors (Lipinski definition) is 3. The highest BCUT2D eigenvalue weighted by molar-refractivity contribution is 5.97. The summed E-state index contributed by atoms with van der Waals surface area (Å²) >= 11 is 0. The van der Waals surface area contributed by atoms with Crippen molar-refractivity contribution in [1.82, 2.24) is 9.80 Å². The molecule has 6 heteroatoms. The van der Waals surface area contributed by atoms with Crippen LogP contribution in [0.1, 0.15) is 33.3 Å². The number of carbonyl (C=O) groups is 3. The number of carboxylic acids is 1. The number of imide groups is 1. The summed E-state index contributed by atoms with van der Waals surface area (Å²) in [5.41, 5.74) is 1.08. The molecular weight excluding hydrogens is 296 g/mol. The molecule has 0 spiro atoms. The Kier molecular flexibility index (Phi) is 6.75. The number of carboxylic acid groups (broad SMARTS) is 1. The van der Waals surface area contributed by atoms with Crippen molar-refractivity contribution in [3.63, 3.8) is 0 Å². The lowest BCUT2D eigenvalue weighted by Gasteiger charge is -2.33. The molecule has 1 atom stereocenters. The van der Waals surface area contributed by atoms with Crippen molar-refractivity contribution in [2.75, 3.05) is 6.54 Å². The topological polar surface area (TPSA) is 77.9 Å². The van der Waals surface area contributed by atoms with Gasteiger partial charge in [0, 0.05) is 19.5 Å². The molecule has 1 unspecified atom stereocenters. The van der Waals surface area contributed by atoms with Gasteiger partial charge < -0.3 is 10.0 Å². The maximum absolute atomic E-state index is 12.7. The molecule has 0 fully saturated rings. The number of amides is 3. The van der Waals surface area contributed by atoms with E-state index in [-0.39, 0.29) is 6.04 Å². The molecule has 0 bridgehead atoms. The van der Waals surface area contributed by atoms with Crippen molar-refractivity contribution < 1.29 is 19.5 Å². The van der Waals surface area contributed by atoms with Gasteiger partial charge in [0.05, 0.1) is 0 Å². The van der Waals surface area contributed by atoms with Crippen molar-refractivity contribution in [1.29, 1.82) is 0 Å². The average molecular weight is 320 g/mol. The third kappa shape index (κ3) is 5.09. The second-order valence-corrected chi connectivity index (χ2v) is 5.71. The zero-order chi connectivity index (χ0) is 17.6. The normalized spacial score (nSPS) is 11.9. The van der Waals surface area contributed by atoms with Gasteiger partial charge in [-0.15, -0.1) is 0 Å². The zero-order valence-electron chi connectivity index (χ0n) is 14.0. The summed E-state index contributed by atoms with van der Waals surface area (Å²) in [7, 11) is 0. The molecule has 0 saturated heterocycles. The van der Waals surface area contributed by atoms with Gasteiger partial charge in [-0.05, 0) is 32.8 Å². The Morgan fingerprint density at radius 2 is 1.65 bits per heavy atom. The first kappa shape index (κ1) is 18.7. The van der Waals surface area contributed by atoms with Crippen LogP contribution in [0.4, 0.5) is 4.79 Å². The Balaban J connectivity index is 2.91. The molecule has 1 rings (SSSR count). The molecule has 1 aromatic carbocycles. The number of aliphatic carboxylic acids is 1. The van der Waals surface area contributed by atoms with Gasteiger partial charge in [-0.3, -0.25) is 9.69 Å². The first-order valence-corrected chi connectivity index (χ1v) is 7.62. The summed E-state index contributed by atoms with van der Waals surface area (Å²) in [6.45, 7) is 6.63. The van der Waals surface area contributed by atoms with Crippen LogP contribution in [0.3, 0.4) is 0 Å². The van der Waals surface area contributed by atoms with Gasteiger partial charge >= 0.3 is 12.0 Å². The molecule has 1 aromatic rings. The SMILES string of the molecule is CC(=O)N(C(=O)N(CCc1ccccc1)C(C)C)C(C)C(=O)O. The number of urea groups is 1. The fourth-order valence-corrected chi connectivity index (χ4v) is 2.29. The van der Waals surface area contributed by atoms with Crippen LogP contribution in [0.5, 0.6) is 0 Å².